The minimum absolute atomic E-state index is 0.00292. The zero-order valence-corrected chi connectivity index (χ0v) is 18.4. The number of hydrogen-bond acceptors (Lipinski definition) is 5. The Bertz CT molecular complexity index is 1360. The number of aryl methyl sites for hydroxylation is 1. The monoisotopic (exact) mass is 480 g/mol. The van der Waals surface area contributed by atoms with Gasteiger partial charge in [-0.2, -0.15) is 21.6 Å². The topological polar surface area (TPSA) is 77.8 Å². The number of halogens is 3. The zero-order chi connectivity index (χ0) is 24.0. The second-order valence-electron chi connectivity index (χ2n) is 7.39. The molecule has 0 fully saturated rings. The van der Waals surface area contributed by atoms with E-state index < -0.39 is 27.3 Å². The third kappa shape index (κ3) is 4.04. The Labute approximate surface area is 187 Å². The van der Waals surface area contributed by atoms with Crippen molar-refractivity contribution in [1.82, 2.24) is 9.47 Å². The zero-order valence-electron chi connectivity index (χ0n) is 17.6. The molecular formula is C22H19F3N2O5S. The van der Waals surface area contributed by atoms with Gasteiger partial charge in [0.25, 0.3) is 5.91 Å². The molecule has 0 spiro atoms. The Hall–Kier alpha value is -3.47. The molecule has 1 aliphatic rings. The van der Waals surface area contributed by atoms with Crippen molar-refractivity contribution in [2.24, 2.45) is 7.05 Å². The highest BCUT2D eigenvalue weighted by molar-refractivity contribution is 7.87. The maximum atomic E-state index is 13.5. The summed E-state index contributed by atoms with van der Waals surface area (Å²) in [6.45, 7) is -0.0177. The molecule has 0 atom stereocenters. The smallest absolute Gasteiger partial charge is 0.497 e. The van der Waals surface area contributed by atoms with Gasteiger partial charge >= 0.3 is 15.6 Å². The van der Waals surface area contributed by atoms with Crippen LogP contribution in [0.4, 0.5) is 13.2 Å². The van der Waals surface area contributed by atoms with Crippen molar-refractivity contribution in [1.29, 1.82) is 0 Å². The number of nitrogens with zero attached hydrogens (tertiary/aromatic N) is 2. The first-order chi connectivity index (χ1) is 15.5. The van der Waals surface area contributed by atoms with Crippen LogP contribution in [0.2, 0.25) is 0 Å². The van der Waals surface area contributed by atoms with Crippen LogP contribution in [-0.4, -0.2) is 43.0 Å². The van der Waals surface area contributed by atoms with E-state index in [2.05, 4.69) is 4.18 Å². The van der Waals surface area contributed by atoms with Crippen LogP contribution in [-0.2, 0) is 27.9 Å². The lowest BCUT2D eigenvalue weighted by Crippen LogP contribution is -2.31. The Balaban J connectivity index is 1.83. The third-order valence-electron chi connectivity index (χ3n) is 5.36. The third-order valence-corrected chi connectivity index (χ3v) is 6.32. The minimum atomic E-state index is -5.94. The number of methoxy groups -OCH3 is 1. The summed E-state index contributed by atoms with van der Waals surface area (Å²) in [6.07, 6.45) is 1.18. The van der Waals surface area contributed by atoms with E-state index in [1.165, 1.54) is 22.7 Å². The molecule has 1 aromatic heterocycles. The number of fused-ring (bicyclic) bond motifs is 3. The van der Waals surface area contributed by atoms with Crippen molar-refractivity contribution in [2.75, 3.05) is 13.7 Å². The van der Waals surface area contributed by atoms with E-state index in [1.54, 1.807) is 55.6 Å². The molecule has 0 aliphatic carbocycles. The summed E-state index contributed by atoms with van der Waals surface area (Å²) in [5, 5.41) is 0.401. The van der Waals surface area contributed by atoms with Gasteiger partial charge in [0.2, 0.25) is 0 Å². The number of amides is 1. The molecule has 0 saturated heterocycles. The molecule has 174 valence electrons. The molecule has 0 radical (unpaired) electrons. The number of carbonyl (C=O) groups excluding carboxylic acids is 1. The van der Waals surface area contributed by atoms with Crippen LogP contribution in [0, 0.1) is 0 Å². The van der Waals surface area contributed by atoms with Crippen molar-refractivity contribution in [3.05, 3.63) is 71.4 Å². The van der Waals surface area contributed by atoms with Crippen LogP contribution in [0.3, 0.4) is 0 Å². The van der Waals surface area contributed by atoms with Crippen LogP contribution >= 0.6 is 0 Å². The highest BCUT2D eigenvalue weighted by Gasteiger charge is 2.49. The summed E-state index contributed by atoms with van der Waals surface area (Å²) in [5.74, 6) is -0.381. The van der Waals surface area contributed by atoms with Crippen LogP contribution in [0.25, 0.3) is 16.7 Å². The molecule has 0 unspecified atom stereocenters. The van der Waals surface area contributed by atoms with Gasteiger partial charge in [-0.3, -0.25) is 4.79 Å². The molecule has 1 amide bonds. The highest BCUT2D eigenvalue weighted by Crippen LogP contribution is 2.38. The quantitative estimate of drug-likeness (QED) is 0.407. The first kappa shape index (κ1) is 22.7. The maximum absolute atomic E-state index is 13.5. The van der Waals surface area contributed by atoms with Gasteiger partial charge in [0.05, 0.1) is 12.7 Å². The predicted octanol–water partition coefficient (Wildman–Crippen LogP) is 4.05. The normalized spacial score (nSPS) is 14.6. The Morgan fingerprint density at radius 2 is 1.73 bits per heavy atom. The fraction of sp³-hybridized carbons (Fsp3) is 0.227. The van der Waals surface area contributed by atoms with E-state index in [-0.39, 0.29) is 24.3 Å². The van der Waals surface area contributed by atoms with Gasteiger partial charge in [-0.15, -0.1) is 0 Å². The number of rotatable bonds is 5. The van der Waals surface area contributed by atoms with E-state index in [1.807, 2.05) is 0 Å². The fourth-order valence-corrected chi connectivity index (χ4v) is 4.23. The Morgan fingerprint density at radius 1 is 1.06 bits per heavy atom. The minimum Gasteiger partial charge on any atom is -0.497 e. The molecule has 3 aromatic rings. The molecule has 0 N–H and O–H groups in total. The number of aromatic nitrogens is 1. The summed E-state index contributed by atoms with van der Waals surface area (Å²) in [5.41, 5.74) is -4.28. The van der Waals surface area contributed by atoms with E-state index in [0.29, 0.717) is 16.7 Å². The lowest BCUT2D eigenvalue weighted by atomic mass is 10.1. The number of para-hydroxylation sites is 1. The molecule has 7 nitrogen and oxygen atoms in total. The lowest BCUT2D eigenvalue weighted by molar-refractivity contribution is -0.0509. The van der Waals surface area contributed by atoms with E-state index in [0.717, 1.165) is 5.56 Å². The van der Waals surface area contributed by atoms with Gasteiger partial charge < -0.3 is 18.4 Å². The Kier molecular flexibility index (Phi) is 5.61. The average molecular weight is 480 g/mol. The lowest BCUT2D eigenvalue weighted by Gasteiger charge is -2.21. The standard InChI is InChI=1S/C22H19F3N2O5S/c1-26-17-6-4-3-5-16(17)19-18(32-33(29,30)22(23,24)25)11-12-27(21(28)20(19)26)13-14-7-9-15(31-2)10-8-14/h3-11H,12-13H2,1-2H3. The van der Waals surface area contributed by atoms with E-state index in [9.17, 15) is 26.4 Å². The van der Waals surface area contributed by atoms with Gasteiger partial charge in [0, 0.05) is 31.0 Å². The highest BCUT2D eigenvalue weighted by atomic mass is 32.2. The van der Waals surface area contributed by atoms with Crippen molar-refractivity contribution >= 4 is 32.7 Å². The number of alkyl halides is 3. The van der Waals surface area contributed by atoms with Crippen LogP contribution in [0.1, 0.15) is 21.6 Å². The number of carbonyl (C=O) groups is 1. The van der Waals surface area contributed by atoms with Crippen molar-refractivity contribution < 1.29 is 35.3 Å². The first-order valence-electron chi connectivity index (χ1n) is 9.74. The average Bonchev–Trinajstić information content (AvgIpc) is 3.00. The van der Waals surface area contributed by atoms with Gasteiger partial charge in [-0.05, 0) is 29.8 Å². The van der Waals surface area contributed by atoms with Crippen molar-refractivity contribution in [3.63, 3.8) is 0 Å². The molecule has 0 saturated carbocycles. The molecule has 2 heterocycles. The number of benzene rings is 2. The number of ether oxygens (including phenoxy) is 1. The molecule has 1 aliphatic heterocycles. The Morgan fingerprint density at radius 3 is 2.36 bits per heavy atom. The second-order valence-corrected chi connectivity index (χ2v) is 8.92. The number of hydrogen-bond donors (Lipinski definition) is 0. The molecule has 2 aromatic carbocycles. The van der Waals surface area contributed by atoms with Crippen LogP contribution < -0.4 is 4.74 Å². The van der Waals surface area contributed by atoms with Gasteiger partial charge in [-0.25, -0.2) is 0 Å². The van der Waals surface area contributed by atoms with Gasteiger partial charge in [-0.1, -0.05) is 30.3 Å². The summed E-state index contributed by atoms with van der Waals surface area (Å²) >= 11 is 0. The molecule has 33 heavy (non-hydrogen) atoms. The maximum Gasteiger partial charge on any atom is 0.534 e. The largest absolute Gasteiger partial charge is 0.534 e. The summed E-state index contributed by atoms with van der Waals surface area (Å²) in [4.78, 5) is 14.9. The summed E-state index contributed by atoms with van der Waals surface area (Å²) in [6, 6.07) is 13.6. The molecule has 4 rings (SSSR count). The van der Waals surface area contributed by atoms with E-state index in [4.69, 9.17) is 4.74 Å². The van der Waals surface area contributed by atoms with Crippen molar-refractivity contribution in [3.8, 4) is 5.75 Å². The fourth-order valence-electron chi connectivity index (χ4n) is 3.75. The molecule has 0 bridgehead atoms. The summed E-state index contributed by atoms with van der Waals surface area (Å²) < 4.78 is 74.0. The first-order valence-corrected chi connectivity index (χ1v) is 11.1. The predicted molar refractivity (Wildman–Crippen MR) is 115 cm³/mol. The molecule has 11 heteroatoms. The van der Waals surface area contributed by atoms with Gasteiger partial charge in [0.15, 0.2) is 5.76 Å². The van der Waals surface area contributed by atoms with E-state index >= 15 is 0 Å². The van der Waals surface area contributed by atoms with Crippen LogP contribution in [0.15, 0.2) is 54.6 Å². The summed E-state index contributed by atoms with van der Waals surface area (Å²) in [7, 11) is -2.83. The van der Waals surface area contributed by atoms with Crippen LogP contribution in [0.5, 0.6) is 5.75 Å². The SMILES string of the molecule is COc1ccc(CN2CC=C(OS(=O)(=O)C(F)(F)F)c3c(n(C)c4ccccc34)C2=O)cc1. The molecular weight excluding hydrogens is 461 g/mol. The van der Waals surface area contributed by atoms with Crippen molar-refractivity contribution in [2.45, 2.75) is 12.1 Å². The second kappa shape index (κ2) is 8.14. The van der Waals surface area contributed by atoms with Gasteiger partial charge in [0.1, 0.15) is 11.4 Å².